The van der Waals surface area contributed by atoms with Crippen molar-refractivity contribution in [2.24, 2.45) is 0 Å². The minimum Gasteiger partial charge on any atom is -0.396 e. The Hall–Kier alpha value is -0.620. The van der Waals surface area contributed by atoms with E-state index < -0.39 is 10.0 Å². The van der Waals surface area contributed by atoms with Crippen LogP contribution in [-0.4, -0.2) is 37.0 Å². The number of aliphatic hydroxyl groups is 1. The van der Waals surface area contributed by atoms with Gasteiger partial charge in [-0.1, -0.05) is 11.6 Å². The Balaban J connectivity index is 2.16. The fraction of sp³-hybridized carbons (Fsp3) is 0.538. The molecule has 1 saturated carbocycles. The maximum Gasteiger partial charge on any atom is 0.243 e. The zero-order valence-electron chi connectivity index (χ0n) is 10.6. The van der Waals surface area contributed by atoms with Crippen LogP contribution in [0.1, 0.15) is 25.7 Å². The van der Waals surface area contributed by atoms with E-state index in [1.807, 2.05) is 0 Å². The summed E-state index contributed by atoms with van der Waals surface area (Å²) in [7, 11) is -3.44. The fourth-order valence-corrected chi connectivity index (χ4v) is 3.83. The van der Waals surface area contributed by atoms with Gasteiger partial charge in [0.2, 0.25) is 10.0 Å². The largest absolute Gasteiger partial charge is 0.396 e. The van der Waals surface area contributed by atoms with Crippen molar-refractivity contribution >= 4 is 21.6 Å². The third-order valence-electron chi connectivity index (χ3n) is 3.16. The van der Waals surface area contributed by atoms with E-state index in [-0.39, 0.29) is 17.5 Å². The summed E-state index contributed by atoms with van der Waals surface area (Å²) in [6.45, 7) is 0.565. The van der Waals surface area contributed by atoms with E-state index in [9.17, 15) is 8.42 Å². The van der Waals surface area contributed by atoms with Gasteiger partial charge in [0.15, 0.2) is 0 Å². The first-order valence-corrected chi connectivity index (χ1v) is 8.26. The number of rotatable bonds is 7. The topological polar surface area (TPSA) is 57.6 Å². The third kappa shape index (κ3) is 3.69. The maximum absolute atomic E-state index is 12.5. The molecule has 0 unspecified atom stereocenters. The molecule has 1 aromatic rings. The summed E-state index contributed by atoms with van der Waals surface area (Å²) < 4.78 is 26.6. The van der Waals surface area contributed by atoms with Crippen LogP contribution in [0, 0.1) is 0 Å². The predicted octanol–water partition coefficient (Wildman–Crippen LogP) is 2.27. The summed E-state index contributed by atoms with van der Waals surface area (Å²) >= 11 is 5.78. The molecule has 1 aliphatic carbocycles. The van der Waals surface area contributed by atoms with Gasteiger partial charge in [-0.2, -0.15) is 4.31 Å². The molecule has 0 atom stereocenters. The Kier molecular flexibility index (Phi) is 4.84. The van der Waals surface area contributed by atoms with Gasteiger partial charge in [0.1, 0.15) is 0 Å². The SMILES string of the molecule is O=S(=O)(c1ccc(Cl)cc1)N(CCCCO)C1CC1. The minimum absolute atomic E-state index is 0.0967. The van der Waals surface area contributed by atoms with Gasteiger partial charge in [-0.3, -0.25) is 0 Å². The van der Waals surface area contributed by atoms with Crippen LogP contribution < -0.4 is 0 Å². The van der Waals surface area contributed by atoms with Crippen LogP contribution in [-0.2, 0) is 10.0 Å². The van der Waals surface area contributed by atoms with Gasteiger partial charge in [-0.15, -0.1) is 0 Å². The van der Waals surface area contributed by atoms with Crippen LogP contribution in [0.3, 0.4) is 0 Å². The molecule has 2 rings (SSSR count). The zero-order chi connectivity index (χ0) is 13.9. The molecule has 0 spiro atoms. The molecule has 1 aromatic carbocycles. The molecule has 106 valence electrons. The average Bonchev–Trinajstić information content (AvgIpc) is 3.19. The second-order valence-electron chi connectivity index (χ2n) is 4.73. The van der Waals surface area contributed by atoms with Gasteiger partial charge in [0.25, 0.3) is 0 Å². The fourth-order valence-electron chi connectivity index (χ4n) is 1.98. The molecular formula is C13H18ClNO3S. The van der Waals surface area contributed by atoms with Gasteiger partial charge < -0.3 is 5.11 Å². The van der Waals surface area contributed by atoms with Crippen molar-refractivity contribution in [1.29, 1.82) is 0 Å². The highest BCUT2D eigenvalue weighted by Gasteiger charge is 2.37. The molecule has 6 heteroatoms. The lowest BCUT2D eigenvalue weighted by atomic mass is 10.3. The Morgan fingerprint density at radius 3 is 2.37 bits per heavy atom. The monoisotopic (exact) mass is 303 g/mol. The van der Waals surface area contributed by atoms with Gasteiger partial charge in [0.05, 0.1) is 4.90 Å². The summed E-state index contributed by atoms with van der Waals surface area (Å²) in [6, 6.07) is 6.39. The Morgan fingerprint density at radius 1 is 1.21 bits per heavy atom. The van der Waals surface area contributed by atoms with Crippen molar-refractivity contribution < 1.29 is 13.5 Å². The molecule has 4 nitrogen and oxygen atoms in total. The highest BCUT2D eigenvalue weighted by atomic mass is 35.5. The third-order valence-corrected chi connectivity index (χ3v) is 5.38. The smallest absolute Gasteiger partial charge is 0.243 e. The standard InChI is InChI=1S/C13H18ClNO3S/c14-11-3-7-13(8-4-11)19(17,18)15(12-5-6-12)9-1-2-10-16/h3-4,7-8,12,16H,1-2,5-6,9-10H2. The lowest BCUT2D eigenvalue weighted by Crippen LogP contribution is -2.34. The van der Waals surface area contributed by atoms with Gasteiger partial charge in [0, 0.05) is 24.2 Å². The molecule has 19 heavy (non-hydrogen) atoms. The van der Waals surface area contributed by atoms with E-state index in [2.05, 4.69) is 0 Å². The van der Waals surface area contributed by atoms with Crippen molar-refractivity contribution in [2.45, 2.75) is 36.6 Å². The molecule has 0 heterocycles. The number of aliphatic hydroxyl groups excluding tert-OH is 1. The first-order chi connectivity index (χ1) is 9.05. The number of benzene rings is 1. The maximum atomic E-state index is 12.5. The number of sulfonamides is 1. The molecule has 0 aliphatic heterocycles. The number of hydrogen-bond acceptors (Lipinski definition) is 3. The first-order valence-electron chi connectivity index (χ1n) is 6.44. The van der Waals surface area contributed by atoms with E-state index in [1.165, 1.54) is 0 Å². The second-order valence-corrected chi connectivity index (χ2v) is 7.06. The molecule has 0 radical (unpaired) electrons. The normalized spacial score (nSPS) is 15.9. The summed E-state index contributed by atoms with van der Waals surface area (Å²) in [6.07, 6.45) is 3.15. The van der Waals surface area contributed by atoms with Crippen LogP contribution in [0.5, 0.6) is 0 Å². The quantitative estimate of drug-likeness (QED) is 0.786. The number of hydrogen-bond donors (Lipinski definition) is 1. The summed E-state index contributed by atoms with van der Waals surface area (Å²) in [5.41, 5.74) is 0. The second kappa shape index (κ2) is 6.22. The average molecular weight is 304 g/mol. The summed E-state index contributed by atoms with van der Waals surface area (Å²) in [5.74, 6) is 0. The van der Waals surface area contributed by atoms with Crippen LogP contribution in [0.2, 0.25) is 5.02 Å². The van der Waals surface area contributed by atoms with Crippen molar-refractivity contribution in [3.8, 4) is 0 Å². The Labute approximate surface area is 119 Å². The van der Waals surface area contributed by atoms with E-state index in [0.29, 0.717) is 24.4 Å². The lowest BCUT2D eigenvalue weighted by Gasteiger charge is -2.21. The minimum atomic E-state index is -3.44. The summed E-state index contributed by atoms with van der Waals surface area (Å²) in [5, 5.41) is 9.33. The molecule has 0 amide bonds. The Morgan fingerprint density at radius 2 is 1.84 bits per heavy atom. The van der Waals surface area contributed by atoms with Crippen molar-refractivity contribution in [3.05, 3.63) is 29.3 Å². The first kappa shape index (κ1) is 14.8. The molecule has 0 aromatic heterocycles. The number of unbranched alkanes of at least 4 members (excludes halogenated alkanes) is 1. The van der Waals surface area contributed by atoms with Crippen LogP contribution >= 0.6 is 11.6 Å². The van der Waals surface area contributed by atoms with E-state index in [0.717, 1.165) is 12.8 Å². The Bertz CT molecular complexity index is 511. The van der Waals surface area contributed by atoms with Crippen LogP contribution in [0.15, 0.2) is 29.2 Å². The van der Waals surface area contributed by atoms with Crippen molar-refractivity contribution in [3.63, 3.8) is 0 Å². The van der Waals surface area contributed by atoms with E-state index in [1.54, 1.807) is 28.6 Å². The van der Waals surface area contributed by atoms with Crippen molar-refractivity contribution in [2.75, 3.05) is 13.2 Å². The van der Waals surface area contributed by atoms with E-state index >= 15 is 0 Å². The van der Waals surface area contributed by atoms with Crippen molar-refractivity contribution in [1.82, 2.24) is 4.31 Å². The molecule has 1 N–H and O–H groups in total. The van der Waals surface area contributed by atoms with Gasteiger partial charge in [-0.25, -0.2) is 8.42 Å². The molecule has 1 fully saturated rings. The zero-order valence-corrected chi connectivity index (χ0v) is 12.2. The van der Waals surface area contributed by atoms with Gasteiger partial charge in [-0.05, 0) is 49.9 Å². The highest BCUT2D eigenvalue weighted by molar-refractivity contribution is 7.89. The molecule has 1 aliphatic rings. The molecular weight excluding hydrogens is 286 g/mol. The number of nitrogens with zero attached hydrogens (tertiary/aromatic N) is 1. The summed E-state index contributed by atoms with van der Waals surface area (Å²) in [4.78, 5) is 0.285. The van der Waals surface area contributed by atoms with Crippen LogP contribution in [0.25, 0.3) is 0 Å². The van der Waals surface area contributed by atoms with Crippen LogP contribution in [0.4, 0.5) is 0 Å². The highest BCUT2D eigenvalue weighted by Crippen LogP contribution is 2.32. The molecule has 0 saturated heterocycles. The molecule has 0 bridgehead atoms. The van der Waals surface area contributed by atoms with Gasteiger partial charge >= 0.3 is 0 Å². The lowest BCUT2D eigenvalue weighted by molar-refractivity contribution is 0.275. The van der Waals surface area contributed by atoms with E-state index in [4.69, 9.17) is 16.7 Å². The predicted molar refractivity (Wildman–Crippen MR) is 74.7 cm³/mol. The number of halogens is 1.